The topological polar surface area (TPSA) is 80.6 Å². The normalized spacial score (nSPS) is 9.95. The highest BCUT2D eigenvalue weighted by atomic mass is 79.9. The molecule has 0 atom stereocenters. The van der Waals surface area contributed by atoms with Crippen LogP contribution in [0.3, 0.4) is 0 Å². The quantitative estimate of drug-likeness (QED) is 0.829. The molecule has 2 amide bonds. The van der Waals surface area contributed by atoms with E-state index in [-0.39, 0.29) is 12.4 Å². The average Bonchev–Trinajstić information content (AvgIpc) is 3.01. The van der Waals surface area contributed by atoms with E-state index in [0.717, 1.165) is 10.0 Å². The number of hydrogen-bond acceptors (Lipinski definition) is 4. The van der Waals surface area contributed by atoms with Crippen LogP contribution in [-0.2, 0) is 11.2 Å². The Kier molecular flexibility index (Phi) is 5.39. The van der Waals surface area contributed by atoms with Gasteiger partial charge < -0.3 is 9.15 Å². The van der Waals surface area contributed by atoms with Crippen molar-refractivity contribution in [1.29, 1.82) is 0 Å². The van der Waals surface area contributed by atoms with Gasteiger partial charge in [-0.3, -0.25) is 10.2 Å². The molecule has 1 heterocycles. The van der Waals surface area contributed by atoms with Gasteiger partial charge in [-0.1, -0.05) is 28.1 Å². The molecule has 0 saturated carbocycles. The Morgan fingerprint density at radius 2 is 1.90 bits per heavy atom. The van der Waals surface area contributed by atoms with E-state index in [1.807, 2.05) is 24.3 Å². The molecule has 6 nitrogen and oxygen atoms in total. The molecule has 110 valence electrons. The summed E-state index contributed by atoms with van der Waals surface area (Å²) in [7, 11) is 0. The molecule has 0 aliphatic heterocycles. The van der Waals surface area contributed by atoms with Crippen molar-refractivity contribution in [3.8, 4) is 0 Å². The number of carbonyl (C=O) groups is 2. The zero-order valence-corrected chi connectivity index (χ0v) is 12.6. The van der Waals surface area contributed by atoms with E-state index >= 15 is 0 Å². The fourth-order valence-corrected chi connectivity index (χ4v) is 1.79. The van der Waals surface area contributed by atoms with E-state index in [1.165, 1.54) is 12.3 Å². The zero-order valence-electron chi connectivity index (χ0n) is 11.0. The summed E-state index contributed by atoms with van der Waals surface area (Å²) in [5, 5.41) is 0. The van der Waals surface area contributed by atoms with Crippen LogP contribution in [0.4, 0.5) is 4.79 Å². The summed E-state index contributed by atoms with van der Waals surface area (Å²) in [6.45, 7) is 0.212. The third-order valence-electron chi connectivity index (χ3n) is 2.56. The summed E-state index contributed by atoms with van der Waals surface area (Å²) in [6.07, 6.45) is 1.23. The summed E-state index contributed by atoms with van der Waals surface area (Å²) >= 11 is 3.34. The van der Waals surface area contributed by atoms with Crippen LogP contribution in [0.2, 0.25) is 0 Å². The van der Waals surface area contributed by atoms with Crippen molar-refractivity contribution in [1.82, 2.24) is 10.9 Å². The number of amides is 2. The lowest BCUT2D eigenvalue weighted by atomic mass is 10.2. The number of rotatable bonds is 4. The van der Waals surface area contributed by atoms with Gasteiger partial charge in [0, 0.05) is 10.9 Å². The summed E-state index contributed by atoms with van der Waals surface area (Å²) < 4.78 is 10.8. The molecular formula is C14H13BrN2O4. The Morgan fingerprint density at radius 3 is 2.57 bits per heavy atom. The van der Waals surface area contributed by atoms with Crippen LogP contribution < -0.4 is 10.9 Å². The lowest BCUT2D eigenvalue weighted by molar-refractivity contribution is 0.0883. The molecule has 7 heteroatoms. The highest BCUT2D eigenvalue weighted by Crippen LogP contribution is 2.10. The smallest absolute Gasteiger partial charge is 0.426 e. The van der Waals surface area contributed by atoms with Gasteiger partial charge in [0.05, 0.1) is 12.9 Å². The first-order valence-corrected chi connectivity index (χ1v) is 6.95. The summed E-state index contributed by atoms with van der Waals surface area (Å²) in [5.41, 5.74) is 5.36. The number of hydrogen-bond donors (Lipinski definition) is 2. The van der Waals surface area contributed by atoms with Crippen LogP contribution in [0.1, 0.15) is 16.1 Å². The van der Waals surface area contributed by atoms with Gasteiger partial charge in [0.25, 0.3) is 0 Å². The van der Waals surface area contributed by atoms with E-state index < -0.39 is 12.0 Å². The zero-order chi connectivity index (χ0) is 15.1. The summed E-state index contributed by atoms with van der Waals surface area (Å²) in [6, 6.07) is 10.8. The van der Waals surface area contributed by atoms with Crippen molar-refractivity contribution in [2.24, 2.45) is 0 Å². The fourth-order valence-electron chi connectivity index (χ4n) is 1.53. The molecule has 0 fully saturated rings. The Labute approximate surface area is 129 Å². The first-order chi connectivity index (χ1) is 10.1. The van der Waals surface area contributed by atoms with E-state index in [2.05, 4.69) is 26.8 Å². The minimum Gasteiger partial charge on any atom is -0.459 e. The van der Waals surface area contributed by atoms with Crippen molar-refractivity contribution in [2.75, 3.05) is 6.61 Å². The van der Waals surface area contributed by atoms with E-state index in [4.69, 9.17) is 9.15 Å². The van der Waals surface area contributed by atoms with Crippen LogP contribution in [0.15, 0.2) is 51.6 Å². The molecule has 21 heavy (non-hydrogen) atoms. The first-order valence-electron chi connectivity index (χ1n) is 6.16. The molecule has 0 aliphatic carbocycles. The van der Waals surface area contributed by atoms with Crippen molar-refractivity contribution < 1.29 is 18.7 Å². The van der Waals surface area contributed by atoms with Gasteiger partial charge in [-0.15, -0.1) is 0 Å². The number of ether oxygens (including phenoxy) is 1. The van der Waals surface area contributed by atoms with Crippen molar-refractivity contribution in [3.63, 3.8) is 0 Å². The Morgan fingerprint density at radius 1 is 1.14 bits per heavy atom. The number of nitrogens with one attached hydrogen (secondary N) is 2. The molecule has 2 aromatic rings. The van der Waals surface area contributed by atoms with Gasteiger partial charge in [-0.05, 0) is 29.8 Å². The van der Waals surface area contributed by atoms with Crippen LogP contribution in [-0.4, -0.2) is 18.6 Å². The lowest BCUT2D eigenvalue weighted by Crippen LogP contribution is -2.42. The Bertz CT molecular complexity index is 596. The summed E-state index contributed by atoms with van der Waals surface area (Å²) in [5.74, 6) is -0.449. The molecular weight excluding hydrogens is 340 g/mol. The predicted molar refractivity (Wildman–Crippen MR) is 78.5 cm³/mol. The lowest BCUT2D eigenvalue weighted by Gasteiger charge is -2.07. The standard InChI is InChI=1S/C14H13BrN2O4/c15-11-5-3-10(4-6-11)7-9-21-14(19)17-16-13(18)12-2-1-8-20-12/h1-6,8H,7,9H2,(H,16,18)(H,17,19). The second kappa shape index (κ2) is 7.49. The molecule has 0 aliphatic rings. The van der Waals surface area contributed by atoms with E-state index in [0.29, 0.717) is 6.42 Å². The molecule has 2 N–H and O–H groups in total. The molecule has 0 bridgehead atoms. The minimum atomic E-state index is -0.730. The van der Waals surface area contributed by atoms with Gasteiger partial charge in [-0.25, -0.2) is 10.2 Å². The molecule has 2 rings (SSSR count). The highest BCUT2D eigenvalue weighted by Gasteiger charge is 2.09. The Hall–Kier alpha value is -2.28. The number of carbonyl (C=O) groups excluding carboxylic acids is 2. The van der Waals surface area contributed by atoms with Crippen LogP contribution >= 0.6 is 15.9 Å². The van der Waals surface area contributed by atoms with Crippen LogP contribution in [0, 0.1) is 0 Å². The maximum absolute atomic E-state index is 11.5. The average molecular weight is 353 g/mol. The van der Waals surface area contributed by atoms with Crippen molar-refractivity contribution in [2.45, 2.75) is 6.42 Å². The van der Waals surface area contributed by atoms with Gasteiger partial charge >= 0.3 is 12.0 Å². The number of hydrazine groups is 1. The highest BCUT2D eigenvalue weighted by molar-refractivity contribution is 9.10. The number of benzene rings is 1. The summed E-state index contributed by atoms with van der Waals surface area (Å²) in [4.78, 5) is 22.8. The molecule has 1 aromatic heterocycles. The Balaban J connectivity index is 1.66. The molecule has 0 radical (unpaired) electrons. The SMILES string of the molecule is O=C(NNC(=O)c1ccco1)OCCc1ccc(Br)cc1. The van der Waals surface area contributed by atoms with Crippen molar-refractivity contribution >= 4 is 27.9 Å². The van der Waals surface area contributed by atoms with Gasteiger partial charge in [-0.2, -0.15) is 0 Å². The monoisotopic (exact) mass is 352 g/mol. The predicted octanol–water partition coefficient (Wildman–Crippen LogP) is 2.66. The van der Waals surface area contributed by atoms with Gasteiger partial charge in [0.15, 0.2) is 5.76 Å². The third-order valence-corrected chi connectivity index (χ3v) is 3.09. The largest absolute Gasteiger partial charge is 0.459 e. The maximum Gasteiger partial charge on any atom is 0.426 e. The van der Waals surface area contributed by atoms with E-state index in [1.54, 1.807) is 6.07 Å². The van der Waals surface area contributed by atoms with Gasteiger partial charge in [0.1, 0.15) is 0 Å². The fraction of sp³-hybridized carbons (Fsp3) is 0.143. The van der Waals surface area contributed by atoms with E-state index in [9.17, 15) is 9.59 Å². The van der Waals surface area contributed by atoms with Gasteiger partial charge in [0.2, 0.25) is 0 Å². The van der Waals surface area contributed by atoms with Crippen LogP contribution in [0.5, 0.6) is 0 Å². The molecule has 0 spiro atoms. The number of halogens is 1. The molecule has 0 saturated heterocycles. The first kappa shape index (κ1) is 15.1. The minimum absolute atomic E-state index is 0.102. The maximum atomic E-state index is 11.5. The molecule has 0 unspecified atom stereocenters. The number of furan rings is 1. The van der Waals surface area contributed by atoms with Crippen LogP contribution in [0.25, 0.3) is 0 Å². The second-order valence-corrected chi connectivity index (χ2v) is 4.98. The third kappa shape index (κ3) is 4.96. The second-order valence-electron chi connectivity index (χ2n) is 4.07. The van der Waals surface area contributed by atoms with Crippen molar-refractivity contribution in [3.05, 3.63) is 58.5 Å². The molecule has 1 aromatic carbocycles.